The zero-order chi connectivity index (χ0) is 23.8. The SMILES string of the molecule is CC(C)(C)c1cc(NC(=O)c2ccccc2SC(F)F)n(C2=NC(=O)C3CCCCC3=N2)n1. The second kappa shape index (κ2) is 9.17. The molecule has 1 aliphatic carbocycles. The average Bonchev–Trinajstić information content (AvgIpc) is 3.18. The van der Waals surface area contributed by atoms with Crippen molar-refractivity contribution < 1.29 is 18.4 Å². The van der Waals surface area contributed by atoms with Crippen molar-refractivity contribution in [2.45, 2.75) is 62.5 Å². The van der Waals surface area contributed by atoms with E-state index >= 15 is 0 Å². The highest BCUT2D eigenvalue weighted by molar-refractivity contribution is 7.99. The molecule has 0 spiro atoms. The lowest BCUT2D eigenvalue weighted by atomic mass is 9.86. The van der Waals surface area contributed by atoms with Gasteiger partial charge in [0.2, 0.25) is 0 Å². The number of hydrogen-bond donors (Lipinski definition) is 1. The number of aromatic nitrogens is 2. The molecule has 0 saturated heterocycles. The first-order chi connectivity index (χ1) is 15.6. The Morgan fingerprint density at radius 1 is 1.21 bits per heavy atom. The van der Waals surface area contributed by atoms with Crippen LogP contribution in [0.25, 0.3) is 0 Å². The number of benzene rings is 1. The maximum absolute atomic E-state index is 13.0. The molecule has 2 heterocycles. The number of halogens is 2. The predicted molar refractivity (Wildman–Crippen MR) is 124 cm³/mol. The smallest absolute Gasteiger partial charge is 0.288 e. The second-order valence-electron chi connectivity index (χ2n) is 9.06. The molecule has 1 atom stereocenters. The van der Waals surface area contributed by atoms with Gasteiger partial charge in [0, 0.05) is 22.1 Å². The fourth-order valence-electron chi connectivity index (χ4n) is 3.85. The Balaban J connectivity index is 1.71. The highest BCUT2D eigenvalue weighted by Crippen LogP contribution is 2.31. The zero-order valence-corrected chi connectivity index (χ0v) is 19.5. The van der Waals surface area contributed by atoms with Gasteiger partial charge in [-0.1, -0.05) is 51.1 Å². The van der Waals surface area contributed by atoms with Gasteiger partial charge in [0.15, 0.2) is 0 Å². The normalized spacial score (nSPS) is 18.6. The second-order valence-corrected chi connectivity index (χ2v) is 10.1. The van der Waals surface area contributed by atoms with E-state index in [1.165, 1.54) is 16.8 Å². The highest BCUT2D eigenvalue weighted by Gasteiger charge is 2.33. The van der Waals surface area contributed by atoms with Gasteiger partial charge in [0.25, 0.3) is 23.5 Å². The summed E-state index contributed by atoms with van der Waals surface area (Å²) in [6, 6.07) is 7.87. The lowest BCUT2D eigenvalue weighted by molar-refractivity contribution is -0.120. The number of thioether (sulfide) groups is 1. The summed E-state index contributed by atoms with van der Waals surface area (Å²) in [4.78, 5) is 34.6. The van der Waals surface area contributed by atoms with E-state index in [1.807, 2.05) is 20.8 Å². The molecule has 2 amide bonds. The third kappa shape index (κ3) is 5.05. The molecule has 1 unspecified atom stereocenters. The predicted octanol–water partition coefficient (Wildman–Crippen LogP) is 5.12. The van der Waals surface area contributed by atoms with Gasteiger partial charge in [0.1, 0.15) is 5.82 Å². The van der Waals surface area contributed by atoms with Crippen molar-refractivity contribution >= 4 is 41.1 Å². The largest absolute Gasteiger partial charge is 0.306 e. The summed E-state index contributed by atoms with van der Waals surface area (Å²) in [5.74, 6) is -3.37. The van der Waals surface area contributed by atoms with Crippen molar-refractivity contribution in [3.05, 3.63) is 41.6 Å². The topological polar surface area (TPSA) is 88.7 Å². The molecule has 33 heavy (non-hydrogen) atoms. The number of rotatable bonds is 4. The molecule has 1 N–H and O–H groups in total. The number of alkyl halides is 2. The van der Waals surface area contributed by atoms with Crippen molar-refractivity contribution in [3.63, 3.8) is 0 Å². The average molecular weight is 474 g/mol. The van der Waals surface area contributed by atoms with Crippen molar-refractivity contribution in [2.75, 3.05) is 5.32 Å². The minimum absolute atomic E-state index is 0.106. The lowest BCUT2D eigenvalue weighted by Gasteiger charge is -2.24. The molecule has 1 aromatic heterocycles. The Kier molecular flexibility index (Phi) is 6.47. The van der Waals surface area contributed by atoms with Gasteiger partial charge in [-0.25, -0.2) is 4.99 Å². The number of carbonyl (C=O) groups excluding carboxylic acids is 2. The summed E-state index contributed by atoms with van der Waals surface area (Å²) < 4.78 is 27.3. The Bertz CT molecular complexity index is 1150. The van der Waals surface area contributed by atoms with Crippen molar-refractivity contribution in [1.29, 1.82) is 0 Å². The van der Waals surface area contributed by atoms with Gasteiger partial charge in [-0.2, -0.15) is 23.6 Å². The van der Waals surface area contributed by atoms with E-state index in [0.29, 0.717) is 17.5 Å². The quantitative estimate of drug-likeness (QED) is 0.624. The van der Waals surface area contributed by atoms with Crippen LogP contribution in [0.1, 0.15) is 62.5 Å². The minimum atomic E-state index is -2.65. The van der Waals surface area contributed by atoms with Crippen molar-refractivity contribution in [3.8, 4) is 0 Å². The molecule has 174 valence electrons. The maximum atomic E-state index is 13.0. The van der Waals surface area contributed by atoms with Crippen molar-refractivity contribution in [1.82, 2.24) is 9.78 Å². The fourth-order valence-corrected chi connectivity index (χ4v) is 4.48. The third-order valence-corrected chi connectivity index (χ3v) is 6.37. The number of amides is 2. The van der Waals surface area contributed by atoms with Crippen LogP contribution in [0, 0.1) is 5.92 Å². The number of fused-ring (bicyclic) bond motifs is 1. The molecule has 10 heteroatoms. The molecule has 4 rings (SSSR count). The molecule has 0 bridgehead atoms. The first-order valence-corrected chi connectivity index (χ1v) is 11.7. The van der Waals surface area contributed by atoms with Crippen LogP contribution < -0.4 is 5.32 Å². The molecular formula is C23H25F2N5O2S. The van der Waals surface area contributed by atoms with Crippen LogP contribution in [0.15, 0.2) is 45.2 Å². The van der Waals surface area contributed by atoms with Crippen LogP contribution >= 0.6 is 11.8 Å². The fraction of sp³-hybridized carbons (Fsp3) is 0.435. The number of aliphatic imine (C=N–C) groups is 2. The van der Waals surface area contributed by atoms with Crippen LogP contribution in [0.2, 0.25) is 0 Å². The summed E-state index contributed by atoms with van der Waals surface area (Å²) in [5.41, 5.74) is 1.22. The summed E-state index contributed by atoms with van der Waals surface area (Å²) in [6.45, 7) is 5.91. The standard InChI is InChI=1S/C23H25F2N5O2S/c1-23(2,3)17-12-18(27-20(32)14-9-5-7-11-16(14)33-21(24)25)30(29-17)22-26-15-10-6-4-8-13(15)19(31)28-22/h5,7,9,11-13,21H,4,6,8,10H2,1-3H3,(H,27,32). The Hall–Kier alpha value is -2.88. The molecule has 0 radical (unpaired) electrons. The first-order valence-electron chi connectivity index (χ1n) is 10.8. The molecule has 2 aromatic rings. The van der Waals surface area contributed by atoms with Crippen LogP contribution in [-0.2, 0) is 10.2 Å². The van der Waals surface area contributed by atoms with Crippen LogP contribution in [0.5, 0.6) is 0 Å². The van der Waals surface area contributed by atoms with E-state index in [2.05, 4.69) is 20.4 Å². The zero-order valence-electron chi connectivity index (χ0n) is 18.6. The summed E-state index contributed by atoms with van der Waals surface area (Å²) in [7, 11) is 0. The number of nitrogens with one attached hydrogen (secondary N) is 1. The summed E-state index contributed by atoms with van der Waals surface area (Å²) in [6.07, 6.45) is 3.39. The molecular weight excluding hydrogens is 448 g/mol. The van der Waals surface area contributed by atoms with Gasteiger partial charge in [-0.15, -0.1) is 0 Å². The van der Waals surface area contributed by atoms with Crippen LogP contribution in [-0.4, -0.2) is 39.0 Å². The molecule has 1 aromatic carbocycles. The minimum Gasteiger partial charge on any atom is -0.306 e. The van der Waals surface area contributed by atoms with Gasteiger partial charge in [-0.05, 0) is 31.4 Å². The third-order valence-electron chi connectivity index (χ3n) is 5.59. The van der Waals surface area contributed by atoms with Crippen LogP contribution in [0.4, 0.5) is 14.6 Å². The van der Waals surface area contributed by atoms with E-state index in [-0.39, 0.29) is 39.5 Å². The Labute approximate surface area is 194 Å². The van der Waals surface area contributed by atoms with Crippen LogP contribution in [0.3, 0.4) is 0 Å². The molecule has 1 aliphatic heterocycles. The molecule has 7 nitrogen and oxygen atoms in total. The molecule has 1 fully saturated rings. The van der Waals surface area contributed by atoms with E-state index in [0.717, 1.165) is 31.4 Å². The monoisotopic (exact) mass is 473 g/mol. The number of anilines is 1. The van der Waals surface area contributed by atoms with Crippen molar-refractivity contribution in [2.24, 2.45) is 15.9 Å². The molecule has 2 aliphatic rings. The number of carbonyl (C=O) groups is 2. The molecule has 1 saturated carbocycles. The maximum Gasteiger partial charge on any atom is 0.288 e. The van der Waals surface area contributed by atoms with E-state index in [4.69, 9.17) is 0 Å². The van der Waals surface area contributed by atoms with E-state index < -0.39 is 11.7 Å². The summed E-state index contributed by atoms with van der Waals surface area (Å²) in [5, 5.41) is 7.34. The van der Waals surface area contributed by atoms with E-state index in [9.17, 15) is 18.4 Å². The van der Waals surface area contributed by atoms with Gasteiger partial charge in [0.05, 0.1) is 17.2 Å². The van der Waals surface area contributed by atoms with Gasteiger partial charge < -0.3 is 5.32 Å². The van der Waals surface area contributed by atoms with Gasteiger partial charge in [-0.3, -0.25) is 9.59 Å². The first kappa shape index (κ1) is 23.3. The van der Waals surface area contributed by atoms with E-state index in [1.54, 1.807) is 18.2 Å². The number of nitrogens with zero attached hydrogens (tertiary/aromatic N) is 4. The number of hydrogen-bond acceptors (Lipinski definition) is 5. The Morgan fingerprint density at radius 2 is 1.97 bits per heavy atom. The van der Waals surface area contributed by atoms with Gasteiger partial charge >= 0.3 is 0 Å². The highest BCUT2D eigenvalue weighted by atomic mass is 32.2. The lowest BCUT2D eigenvalue weighted by Crippen LogP contribution is -2.34. The summed E-state index contributed by atoms with van der Waals surface area (Å²) >= 11 is 0.312. The Morgan fingerprint density at radius 3 is 2.70 bits per heavy atom.